The first-order valence-corrected chi connectivity index (χ1v) is 5.65. The van der Waals surface area contributed by atoms with Gasteiger partial charge in [-0.2, -0.15) is 0 Å². The van der Waals surface area contributed by atoms with Gasteiger partial charge < -0.3 is 5.32 Å². The minimum Gasteiger partial charge on any atom is -0.313 e. The maximum absolute atomic E-state index is 3.72. The van der Waals surface area contributed by atoms with Crippen LogP contribution in [0.2, 0.25) is 0 Å². The van der Waals surface area contributed by atoms with Crippen LogP contribution in [0.25, 0.3) is 0 Å². The lowest BCUT2D eigenvalue weighted by molar-refractivity contribution is 0.0555. The highest BCUT2D eigenvalue weighted by Gasteiger charge is 2.53. The highest BCUT2D eigenvalue weighted by molar-refractivity contribution is 5.07. The van der Waals surface area contributed by atoms with Gasteiger partial charge in [-0.05, 0) is 56.4 Å². The standard InChI is InChI=1S/C11H19N/c1-3-10(12-8-1)11(6-2-7-11)9-4-5-9/h9-10,12H,1-8H2. The number of nitrogens with one attached hydrogen (secondary N) is 1. The molecular formula is C11H19N. The van der Waals surface area contributed by atoms with Gasteiger partial charge in [0, 0.05) is 6.04 Å². The average molecular weight is 165 g/mol. The highest BCUT2D eigenvalue weighted by Crippen LogP contribution is 2.60. The van der Waals surface area contributed by atoms with Crippen LogP contribution in [-0.4, -0.2) is 12.6 Å². The summed E-state index contributed by atoms with van der Waals surface area (Å²) in [5.74, 6) is 1.13. The molecule has 0 amide bonds. The largest absolute Gasteiger partial charge is 0.313 e. The van der Waals surface area contributed by atoms with Crippen LogP contribution in [0.5, 0.6) is 0 Å². The highest BCUT2D eigenvalue weighted by atomic mass is 15.0. The second kappa shape index (κ2) is 2.47. The predicted molar refractivity (Wildman–Crippen MR) is 50.0 cm³/mol. The average Bonchev–Trinajstić information content (AvgIpc) is 2.64. The van der Waals surface area contributed by atoms with E-state index in [-0.39, 0.29) is 0 Å². The lowest BCUT2D eigenvalue weighted by Gasteiger charge is -2.47. The Hall–Kier alpha value is -0.0400. The predicted octanol–water partition coefficient (Wildman–Crippen LogP) is 2.32. The van der Waals surface area contributed by atoms with E-state index in [0.717, 1.165) is 17.4 Å². The minimum absolute atomic E-state index is 0.802. The van der Waals surface area contributed by atoms with Gasteiger partial charge in [0.15, 0.2) is 0 Å². The molecule has 12 heavy (non-hydrogen) atoms. The maximum atomic E-state index is 3.72. The first-order chi connectivity index (χ1) is 5.92. The van der Waals surface area contributed by atoms with Crippen molar-refractivity contribution in [1.82, 2.24) is 5.32 Å². The lowest BCUT2D eigenvalue weighted by Crippen LogP contribution is -2.48. The molecule has 0 spiro atoms. The van der Waals surface area contributed by atoms with Gasteiger partial charge in [-0.1, -0.05) is 6.42 Å². The van der Waals surface area contributed by atoms with E-state index >= 15 is 0 Å². The normalized spacial score (nSPS) is 39.5. The molecule has 2 saturated carbocycles. The van der Waals surface area contributed by atoms with Gasteiger partial charge in [-0.15, -0.1) is 0 Å². The Balaban J connectivity index is 1.76. The van der Waals surface area contributed by atoms with Crippen LogP contribution in [0, 0.1) is 11.3 Å². The molecule has 1 aliphatic heterocycles. The number of hydrogen-bond acceptors (Lipinski definition) is 1. The summed E-state index contributed by atoms with van der Waals surface area (Å²) in [5, 5.41) is 3.72. The van der Waals surface area contributed by atoms with Gasteiger partial charge in [-0.3, -0.25) is 0 Å². The van der Waals surface area contributed by atoms with E-state index in [0.29, 0.717) is 0 Å². The molecule has 1 nitrogen and oxygen atoms in total. The van der Waals surface area contributed by atoms with Crippen molar-refractivity contribution in [1.29, 1.82) is 0 Å². The molecule has 3 rings (SSSR count). The van der Waals surface area contributed by atoms with Crippen molar-refractivity contribution in [3.05, 3.63) is 0 Å². The summed E-state index contributed by atoms with van der Waals surface area (Å²) in [6.07, 6.45) is 10.6. The molecule has 0 aromatic heterocycles. The van der Waals surface area contributed by atoms with Crippen LogP contribution in [-0.2, 0) is 0 Å². The van der Waals surface area contributed by atoms with Crippen LogP contribution in [0.1, 0.15) is 44.9 Å². The molecule has 1 N–H and O–H groups in total. The van der Waals surface area contributed by atoms with Crippen LogP contribution in [0.4, 0.5) is 0 Å². The quantitative estimate of drug-likeness (QED) is 0.662. The van der Waals surface area contributed by atoms with E-state index < -0.39 is 0 Å². The van der Waals surface area contributed by atoms with Crippen molar-refractivity contribution in [2.75, 3.05) is 6.54 Å². The van der Waals surface area contributed by atoms with Gasteiger partial charge >= 0.3 is 0 Å². The van der Waals surface area contributed by atoms with Crippen molar-refractivity contribution in [2.24, 2.45) is 11.3 Å². The fourth-order valence-electron chi connectivity index (χ4n) is 3.46. The summed E-state index contributed by atoms with van der Waals surface area (Å²) in [7, 11) is 0. The fraction of sp³-hybridized carbons (Fsp3) is 1.00. The Morgan fingerprint density at radius 2 is 1.83 bits per heavy atom. The summed E-state index contributed by atoms with van der Waals surface area (Å²) in [4.78, 5) is 0. The molecule has 1 saturated heterocycles. The third-order valence-corrected chi connectivity index (χ3v) is 4.43. The molecule has 0 radical (unpaired) electrons. The molecule has 0 aromatic rings. The molecular weight excluding hydrogens is 146 g/mol. The topological polar surface area (TPSA) is 12.0 Å². The van der Waals surface area contributed by atoms with E-state index in [1.165, 1.54) is 51.5 Å². The molecule has 0 aromatic carbocycles. The Kier molecular flexibility index (Phi) is 1.52. The first kappa shape index (κ1) is 7.37. The van der Waals surface area contributed by atoms with Gasteiger partial charge in [0.25, 0.3) is 0 Å². The molecule has 2 aliphatic carbocycles. The van der Waals surface area contributed by atoms with E-state index in [9.17, 15) is 0 Å². The van der Waals surface area contributed by atoms with Crippen LogP contribution >= 0.6 is 0 Å². The molecule has 1 atom stereocenters. The van der Waals surface area contributed by atoms with Gasteiger partial charge in [0.2, 0.25) is 0 Å². The van der Waals surface area contributed by atoms with Crippen molar-refractivity contribution < 1.29 is 0 Å². The minimum atomic E-state index is 0.802. The fourth-order valence-corrected chi connectivity index (χ4v) is 3.46. The smallest absolute Gasteiger partial charge is 0.0127 e. The Morgan fingerprint density at radius 3 is 2.25 bits per heavy atom. The second-order valence-electron chi connectivity index (χ2n) is 5.01. The first-order valence-electron chi connectivity index (χ1n) is 5.65. The van der Waals surface area contributed by atoms with E-state index in [1.54, 1.807) is 0 Å². The summed E-state index contributed by atoms with van der Waals surface area (Å²) in [5.41, 5.74) is 0.802. The Morgan fingerprint density at radius 1 is 1.00 bits per heavy atom. The van der Waals surface area contributed by atoms with Gasteiger partial charge in [0.1, 0.15) is 0 Å². The molecule has 0 bridgehead atoms. The van der Waals surface area contributed by atoms with Crippen LogP contribution in [0.3, 0.4) is 0 Å². The summed E-state index contributed by atoms with van der Waals surface area (Å²) in [6, 6.07) is 0.916. The van der Waals surface area contributed by atoms with E-state index in [2.05, 4.69) is 5.32 Å². The molecule has 1 heteroatoms. The van der Waals surface area contributed by atoms with Crippen molar-refractivity contribution in [3.63, 3.8) is 0 Å². The summed E-state index contributed by atoms with van der Waals surface area (Å²) < 4.78 is 0. The zero-order valence-electron chi connectivity index (χ0n) is 7.81. The van der Waals surface area contributed by atoms with E-state index in [1.807, 2.05) is 0 Å². The zero-order chi connectivity index (χ0) is 8.02. The molecule has 1 unspecified atom stereocenters. The van der Waals surface area contributed by atoms with Crippen LogP contribution < -0.4 is 5.32 Å². The Labute approximate surface area is 74.9 Å². The van der Waals surface area contributed by atoms with E-state index in [4.69, 9.17) is 0 Å². The second-order valence-corrected chi connectivity index (χ2v) is 5.01. The third kappa shape index (κ3) is 0.891. The molecule has 3 aliphatic rings. The molecule has 68 valence electrons. The molecule has 1 heterocycles. The number of rotatable bonds is 2. The zero-order valence-corrected chi connectivity index (χ0v) is 7.81. The third-order valence-electron chi connectivity index (χ3n) is 4.43. The summed E-state index contributed by atoms with van der Waals surface area (Å²) >= 11 is 0. The summed E-state index contributed by atoms with van der Waals surface area (Å²) in [6.45, 7) is 1.29. The molecule has 3 fully saturated rings. The monoisotopic (exact) mass is 165 g/mol. The van der Waals surface area contributed by atoms with Gasteiger partial charge in [-0.25, -0.2) is 0 Å². The Bertz CT molecular complexity index is 173. The lowest BCUT2D eigenvalue weighted by atomic mass is 9.60. The van der Waals surface area contributed by atoms with Crippen molar-refractivity contribution in [3.8, 4) is 0 Å². The van der Waals surface area contributed by atoms with Gasteiger partial charge in [0.05, 0.1) is 0 Å². The van der Waals surface area contributed by atoms with Crippen molar-refractivity contribution in [2.45, 2.75) is 51.0 Å². The SMILES string of the molecule is C1CNC(C2(C3CC3)CCC2)C1. The van der Waals surface area contributed by atoms with Crippen LogP contribution in [0.15, 0.2) is 0 Å². The maximum Gasteiger partial charge on any atom is 0.0127 e. The number of hydrogen-bond donors (Lipinski definition) is 1. The van der Waals surface area contributed by atoms with Crippen molar-refractivity contribution >= 4 is 0 Å².